The SMILES string of the molecule is O=C(CCC1NNC2CCCCC21)NCc1cccc(C(F)(F)F)c1. The van der Waals surface area contributed by atoms with Crippen LogP contribution in [0.1, 0.15) is 49.7 Å². The minimum absolute atomic E-state index is 0.116. The first-order valence-corrected chi connectivity index (χ1v) is 8.87. The van der Waals surface area contributed by atoms with Crippen molar-refractivity contribution < 1.29 is 18.0 Å². The van der Waals surface area contributed by atoms with E-state index < -0.39 is 11.7 Å². The van der Waals surface area contributed by atoms with Crippen LogP contribution >= 0.6 is 0 Å². The molecule has 3 unspecified atom stereocenters. The third kappa shape index (κ3) is 4.73. The van der Waals surface area contributed by atoms with E-state index in [2.05, 4.69) is 16.2 Å². The Morgan fingerprint density at radius 1 is 1.20 bits per heavy atom. The van der Waals surface area contributed by atoms with Crippen LogP contribution in [0.4, 0.5) is 13.2 Å². The van der Waals surface area contributed by atoms with Gasteiger partial charge >= 0.3 is 6.18 Å². The number of rotatable bonds is 5. The lowest BCUT2D eigenvalue weighted by atomic mass is 9.80. The van der Waals surface area contributed by atoms with Crippen molar-refractivity contribution in [3.8, 4) is 0 Å². The molecule has 1 aliphatic heterocycles. The Hall–Kier alpha value is -1.60. The summed E-state index contributed by atoms with van der Waals surface area (Å²) in [6.45, 7) is 0.116. The van der Waals surface area contributed by atoms with Crippen molar-refractivity contribution in [3.05, 3.63) is 35.4 Å². The molecule has 1 aromatic rings. The topological polar surface area (TPSA) is 53.2 Å². The molecule has 2 fully saturated rings. The molecule has 0 bridgehead atoms. The molecule has 0 spiro atoms. The second kappa shape index (κ2) is 7.74. The van der Waals surface area contributed by atoms with Crippen LogP contribution in [0.25, 0.3) is 0 Å². The van der Waals surface area contributed by atoms with Crippen molar-refractivity contribution in [2.45, 2.75) is 63.3 Å². The molecule has 3 atom stereocenters. The van der Waals surface area contributed by atoms with Crippen LogP contribution in [-0.2, 0) is 17.5 Å². The third-order valence-electron chi connectivity index (χ3n) is 5.22. The summed E-state index contributed by atoms with van der Waals surface area (Å²) in [6, 6.07) is 5.86. The van der Waals surface area contributed by atoms with Crippen LogP contribution in [0.15, 0.2) is 24.3 Å². The molecule has 3 N–H and O–H groups in total. The first-order chi connectivity index (χ1) is 11.9. The summed E-state index contributed by atoms with van der Waals surface area (Å²) >= 11 is 0. The van der Waals surface area contributed by atoms with Crippen LogP contribution in [0.5, 0.6) is 0 Å². The lowest BCUT2D eigenvalue weighted by molar-refractivity contribution is -0.137. The lowest BCUT2D eigenvalue weighted by Crippen LogP contribution is -2.34. The Labute approximate surface area is 145 Å². The van der Waals surface area contributed by atoms with Crippen LogP contribution in [-0.4, -0.2) is 18.0 Å². The molecule has 4 nitrogen and oxygen atoms in total. The Balaban J connectivity index is 1.44. The zero-order valence-electron chi connectivity index (χ0n) is 14.0. The summed E-state index contributed by atoms with van der Waals surface area (Å²) in [7, 11) is 0. The summed E-state index contributed by atoms with van der Waals surface area (Å²) in [6.07, 6.45) is 1.60. The Kier molecular flexibility index (Phi) is 5.64. The normalized spacial score (nSPS) is 26.3. The van der Waals surface area contributed by atoms with E-state index in [1.54, 1.807) is 6.07 Å². The molecule has 2 aliphatic rings. The number of benzene rings is 1. The standard InChI is InChI=1S/C18H24F3N3O/c19-18(20,21)13-5-3-4-12(10-13)11-22-17(25)9-8-16-14-6-1-2-7-15(14)23-24-16/h3-5,10,14-16,23-24H,1-2,6-9,11H2,(H,22,25). The first-order valence-electron chi connectivity index (χ1n) is 8.87. The Morgan fingerprint density at radius 3 is 2.80 bits per heavy atom. The van der Waals surface area contributed by atoms with Crippen molar-refractivity contribution in [2.24, 2.45) is 5.92 Å². The van der Waals surface area contributed by atoms with Crippen molar-refractivity contribution in [1.82, 2.24) is 16.2 Å². The average molecular weight is 355 g/mol. The van der Waals surface area contributed by atoms with Gasteiger partial charge in [-0.05, 0) is 42.9 Å². The van der Waals surface area contributed by atoms with E-state index in [1.807, 2.05) is 0 Å². The molecule has 1 aliphatic carbocycles. The van der Waals surface area contributed by atoms with E-state index in [0.29, 0.717) is 30.0 Å². The summed E-state index contributed by atoms with van der Waals surface area (Å²) in [5, 5.41) is 2.72. The second-order valence-corrected chi connectivity index (χ2v) is 6.96. The number of hydrazine groups is 1. The van der Waals surface area contributed by atoms with Gasteiger partial charge in [-0.25, -0.2) is 0 Å². The first kappa shape index (κ1) is 18.2. The zero-order chi connectivity index (χ0) is 17.9. The van der Waals surface area contributed by atoms with Gasteiger partial charge in [-0.1, -0.05) is 25.0 Å². The van der Waals surface area contributed by atoms with E-state index in [4.69, 9.17) is 0 Å². The quantitative estimate of drug-likeness (QED) is 0.761. The van der Waals surface area contributed by atoms with Crippen molar-refractivity contribution in [2.75, 3.05) is 0 Å². The van der Waals surface area contributed by atoms with Gasteiger partial charge in [-0.3, -0.25) is 15.6 Å². The highest BCUT2D eigenvalue weighted by Gasteiger charge is 2.36. The second-order valence-electron chi connectivity index (χ2n) is 6.96. The number of amides is 1. The number of alkyl halides is 3. The lowest BCUT2D eigenvalue weighted by Gasteiger charge is -2.27. The van der Waals surface area contributed by atoms with Gasteiger partial charge < -0.3 is 5.32 Å². The minimum Gasteiger partial charge on any atom is -0.352 e. The number of hydrogen-bond acceptors (Lipinski definition) is 3. The highest BCUT2D eigenvalue weighted by Crippen LogP contribution is 2.32. The number of carbonyl (C=O) groups excluding carboxylic acids is 1. The smallest absolute Gasteiger partial charge is 0.352 e. The van der Waals surface area contributed by atoms with Crippen LogP contribution in [0, 0.1) is 5.92 Å². The highest BCUT2D eigenvalue weighted by atomic mass is 19.4. The molecule has 138 valence electrons. The fourth-order valence-corrected chi connectivity index (χ4v) is 3.86. The molecule has 1 heterocycles. The van der Waals surface area contributed by atoms with Gasteiger partial charge in [0.2, 0.25) is 5.91 Å². The molecular weight excluding hydrogens is 331 g/mol. The molecule has 1 amide bonds. The van der Waals surface area contributed by atoms with Crippen LogP contribution < -0.4 is 16.2 Å². The van der Waals surface area contributed by atoms with Gasteiger partial charge in [0.25, 0.3) is 0 Å². The van der Waals surface area contributed by atoms with Gasteiger partial charge in [0, 0.05) is 25.0 Å². The maximum atomic E-state index is 12.7. The maximum absolute atomic E-state index is 12.7. The van der Waals surface area contributed by atoms with E-state index in [9.17, 15) is 18.0 Å². The molecule has 3 rings (SSSR count). The van der Waals surface area contributed by atoms with Gasteiger partial charge in [-0.15, -0.1) is 0 Å². The summed E-state index contributed by atoms with van der Waals surface area (Å²) < 4.78 is 38.1. The molecule has 1 saturated heterocycles. The molecule has 1 saturated carbocycles. The third-order valence-corrected chi connectivity index (χ3v) is 5.22. The molecular formula is C18H24F3N3O. The summed E-state index contributed by atoms with van der Waals surface area (Å²) in [4.78, 5) is 12.0. The molecule has 25 heavy (non-hydrogen) atoms. The number of fused-ring (bicyclic) bond motifs is 1. The van der Waals surface area contributed by atoms with Gasteiger partial charge in [0.05, 0.1) is 5.56 Å². The number of carbonyl (C=O) groups is 1. The number of nitrogens with one attached hydrogen (secondary N) is 3. The average Bonchev–Trinajstić information content (AvgIpc) is 3.01. The predicted molar refractivity (Wildman–Crippen MR) is 88.3 cm³/mol. The maximum Gasteiger partial charge on any atom is 0.416 e. The van der Waals surface area contributed by atoms with Gasteiger partial charge in [0.1, 0.15) is 0 Å². The van der Waals surface area contributed by atoms with E-state index in [-0.39, 0.29) is 12.5 Å². The van der Waals surface area contributed by atoms with Gasteiger partial charge in [0.15, 0.2) is 0 Å². The largest absolute Gasteiger partial charge is 0.416 e. The fourth-order valence-electron chi connectivity index (χ4n) is 3.86. The van der Waals surface area contributed by atoms with Crippen LogP contribution in [0.2, 0.25) is 0 Å². The van der Waals surface area contributed by atoms with Crippen molar-refractivity contribution in [1.29, 1.82) is 0 Å². The van der Waals surface area contributed by atoms with Crippen LogP contribution in [0.3, 0.4) is 0 Å². The van der Waals surface area contributed by atoms with E-state index in [1.165, 1.54) is 31.7 Å². The van der Waals surface area contributed by atoms with Crippen molar-refractivity contribution >= 4 is 5.91 Å². The number of halogens is 3. The molecule has 0 radical (unpaired) electrons. The molecule has 1 aromatic carbocycles. The van der Waals surface area contributed by atoms with E-state index >= 15 is 0 Å². The zero-order valence-corrected chi connectivity index (χ0v) is 14.0. The molecule has 7 heteroatoms. The van der Waals surface area contributed by atoms with Gasteiger partial charge in [-0.2, -0.15) is 13.2 Å². The van der Waals surface area contributed by atoms with Crippen molar-refractivity contribution in [3.63, 3.8) is 0 Å². The Morgan fingerprint density at radius 2 is 2.00 bits per heavy atom. The summed E-state index contributed by atoms with van der Waals surface area (Å²) in [5.74, 6) is 0.448. The predicted octanol–water partition coefficient (Wildman–Crippen LogP) is 3.14. The summed E-state index contributed by atoms with van der Waals surface area (Å²) in [5.41, 5.74) is 6.38. The monoisotopic (exact) mass is 355 g/mol. The highest BCUT2D eigenvalue weighted by molar-refractivity contribution is 5.75. The minimum atomic E-state index is -4.36. The number of hydrogen-bond donors (Lipinski definition) is 3. The van der Waals surface area contributed by atoms with E-state index in [0.717, 1.165) is 18.6 Å². The fraction of sp³-hybridized carbons (Fsp3) is 0.611. The Bertz CT molecular complexity index is 605. The molecule has 0 aromatic heterocycles.